The Labute approximate surface area is 187 Å². The van der Waals surface area contributed by atoms with Crippen LogP contribution in [0, 0.1) is 0 Å². The third-order valence-electron chi connectivity index (χ3n) is 4.55. The first-order chi connectivity index (χ1) is 15.4. The molecule has 0 fully saturated rings. The summed E-state index contributed by atoms with van der Waals surface area (Å²) in [6, 6.07) is 10.2. The molecule has 3 aromatic rings. The van der Waals surface area contributed by atoms with Crippen molar-refractivity contribution in [3.63, 3.8) is 0 Å². The number of carbonyl (C=O) groups is 1. The minimum Gasteiger partial charge on any atom is -0.315 e. The average molecular weight is 497 g/mol. The molecule has 176 valence electrons. The highest BCUT2D eigenvalue weighted by molar-refractivity contribution is 7.92. The van der Waals surface area contributed by atoms with E-state index >= 15 is 0 Å². The summed E-state index contributed by atoms with van der Waals surface area (Å²) in [5, 5.41) is 6.39. The third kappa shape index (κ3) is 6.66. The normalized spacial score (nSPS) is 12.9. The van der Waals surface area contributed by atoms with Crippen LogP contribution in [0.25, 0.3) is 16.8 Å². The first-order valence-electron chi connectivity index (χ1n) is 9.34. The molecule has 33 heavy (non-hydrogen) atoms. The molecule has 0 saturated carbocycles. The van der Waals surface area contributed by atoms with Gasteiger partial charge in [-0.25, -0.2) is 18.5 Å². The summed E-state index contributed by atoms with van der Waals surface area (Å²) >= 11 is 0. The van der Waals surface area contributed by atoms with Crippen molar-refractivity contribution in [1.29, 1.82) is 0 Å². The van der Waals surface area contributed by atoms with Gasteiger partial charge in [0.2, 0.25) is 0 Å². The molecule has 1 aromatic carbocycles. The molecule has 0 aliphatic carbocycles. The Balaban J connectivity index is 1.72. The Morgan fingerprint density at radius 1 is 1.15 bits per heavy atom. The lowest BCUT2D eigenvalue weighted by atomic mass is 10.1. The van der Waals surface area contributed by atoms with Crippen molar-refractivity contribution in [3.05, 3.63) is 65.3 Å². The van der Waals surface area contributed by atoms with E-state index < -0.39 is 34.4 Å². The van der Waals surface area contributed by atoms with E-state index in [9.17, 15) is 22.6 Å². The van der Waals surface area contributed by atoms with Gasteiger partial charge in [0, 0.05) is 25.1 Å². The lowest BCUT2D eigenvalue weighted by Crippen LogP contribution is -2.40. The summed E-state index contributed by atoms with van der Waals surface area (Å²) in [5.74, 6) is -1.25. The Morgan fingerprint density at radius 2 is 1.79 bits per heavy atom. The van der Waals surface area contributed by atoms with Crippen LogP contribution in [0.3, 0.4) is 0 Å². The first-order valence-corrected chi connectivity index (χ1v) is 12.8. The van der Waals surface area contributed by atoms with Crippen LogP contribution in [0.15, 0.2) is 59.8 Å². The third-order valence-corrected chi connectivity index (χ3v) is 6.37. The van der Waals surface area contributed by atoms with Gasteiger partial charge in [-0.3, -0.25) is 9.59 Å². The fourth-order valence-electron chi connectivity index (χ4n) is 2.97. The Hall–Kier alpha value is -3.16. The van der Waals surface area contributed by atoms with Crippen molar-refractivity contribution < 1.29 is 32.2 Å². The monoisotopic (exact) mass is 497 g/mol. The molecular formula is C18H20N5O8PS. The number of pyridine rings is 1. The van der Waals surface area contributed by atoms with Crippen molar-refractivity contribution in [1.82, 2.24) is 25.0 Å². The summed E-state index contributed by atoms with van der Waals surface area (Å²) in [6.45, 7) is -0.135. The number of carbonyl (C=O) groups excluding carboxylic acids is 1. The van der Waals surface area contributed by atoms with E-state index in [4.69, 9.17) is 9.79 Å². The molecular weight excluding hydrogens is 477 g/mol. The highest BCUT2D eigenvalue weighted by Gasteiger charge is 2.30. The number of benzene rings is 1. The van der Waals surface area contributed by atoms with Gasteiger partial charge in [-0.2, -0.15) is 19.6 Å². The molecule has 0 radical (unpaired) electrons. The van der Waals surface area contributed by atoms with E-state index in [1.807, 2.05) is 0 Å². The SMILES string of the molecule is CS(=O)(=O)[C@H](CCn1ccc(-c2ccc(-n3nccn3)cc2)cc1=O)C(=O)NOP(=O)(O)O. The van der Waals surface area contributed by atoms with Crippen LogP contribution in [0.5, 0.6) is 0 Å². The van der Waals surface area contributed by atoms with Crippen LogP contribution in [-0.4, -0.2) is 55.2 Å². The van der Waals surface area contributed by atoms with Crippen LogP contribution in [0.2, 0.25) is 0 Å². The van der Waals surface area contributed by atoms with Gasteiger partial charge in [0.25, 0.3) is 11.5 Å². The molecule has 0 saturated heterocycles. The second kappa shape index (κ2) is 9.77. The lowest BCUT2D eigenvalue weighted by molar-refractivity contribution is -0.128. The summed E-state index contributed by atoms with van der Waals surface area (Å²) in [6.07, 6.45) is 5.04. The van der Waals surface area contributed by atoms with Gasteiger partial charge in [0.15, 0.2) is 9.84 Å². The average Bonchev–Trinajstić information content (AvgIpc) is 3.27. The smallest absolute Gasteiger partial charge is 0.315 e. The molecule has 2 aromatic heterocycles. The predicted molar refractivity (Wildman–Crippen MR) is 116 cm³/mol. The molecule has 0 unspecified atom stereocenters. The zero-order valence-electron chi connectivity index (χ0n) is 17.2. The van der Waals surface area contributed by atoms with Gasteiger partial charge in [-0.05, 0) is 35.7 Å². The molecule has 2 heterocycles. The van der Waals surface area contributed by atoms with Crippen molar-refractivity contribution in [3.8, 4) is 16.8 Å². The minimum absolute atomic E-state index is 0.135. The molecule has 15 heteroatoms. The van der Waals surface area contributed by atoms with E-state index in [1.165, 1.54) is 27.1 Å². The van der Waals surface area contributed by atoms with E-state index in [0.717, 1.165) is 17.5 Å². The maximum absolute atomic E-state index is 12.5. The molecule has 0 spiro atoms. The molecule has 13 nitrogen and oxygen atoms in total. The van der Waals surface area contributed by atoms with E-state index in [1.54, 1.807) is 42.7 Å². The quantitative estimate of drug-likeness (QED) is 0.269. The van der Waals surface area contributed by atoms with Gasteiger partial charge >= 0.3 is 7.82 Å². The Kier molecular flexibility index (Phi) is 7.25. The summed E-state index contributed by atoms with van der Waals surface area (Å²) in [5.41, 5.74) is 3.15. The number of amides is 1. The topological polar surface area (TPSA) is 183 Å². The van der Waals surface area contributed by atoms with Crippen LogP contribution >= 0.6 is 7.82 Å². The highest BCUT2D eigenvalue weighted by Crippen LogP contribution is 2.34. The molecule has 3 rings (SSSR count). The van der Waals surface area contributed by atoms with Crippen LogP contribution < -0.4 is 11.0 Å². The standard InChI is InChI=1S/C18H20N5O8PS/c1-33(29,30)16(18(25)21-31-32(26,27)28)7-11-22-10-6-14(12-17(22)24)13-2-4-15(5-3-13)23-19-8-9-20-23/h2-6,8-10,12,16H,7,11H2,1H3,(H,21,25)(H2,26,27,28)/t16-/m1/s1. The van der Waals surface area contributed by atoms with Gasteiger partial charge < -0.3 is 14.4 Å². The van der Waals surface area contributed by atoms with Crippen LogP contribution in [0.1, 0.15) is 6.42 Å². The van der Waals surface area contributed by atoms with Crippen molar-refractivity contribution >= 4 is 23.6 Å². The maximum atomic E-state index is 12.5. The number of hydrogen-bond acceptors (Lipinski definition) is 8. The Morgan fingerprint density at radius 3 is 2.33 bits per heavy atom. The van der Waals surface area contributed by atoms with E-state index in [0.29, 0.717) is 5.56 Å². The minimum atomic E-state index is -5.04. The zero-order valence-corrected chi connectivity index (χ0v) is 18.9. The summed E-state index contributed by atoms with van der Waals surface area (Å²) in [4.78, 5) is 43.3. The molecule has 0 bridgehead atoms. The van der Waals surface area contributed by atoms with Gasteiger partial charge in [0.1, 0.15) is 5.25 Å². The number of aromatic nitrogens is 4. The van der Waals surface area contributed by atoms with Crippen LogP contribution in [-0.2, 0) is 30.4 Å². The number of rotatable bonds is 9. The van der Waals surface area contributed by atoms with Crippen LogP contribution in [0.4, 0.5) is 0 Å². The van der Waals surface area contributed by atoms with E-state index in [-0.39, 0.29) is 13.0 Å². The second-order valence-corrected chi connectivity index (χ2v) is 10.4. The summed E-state index contributed by atoms with van der Waals surface area (Å²) in [7, 11) is -9.00. The molecule has 1 atom stereocenters. The number of aryl methyl sites for hydroxylation is 1. The molecule has 3 N–H and O–H groups in total. The molecule has 0 aliphatic rings. The first kappa shape index (κ1) is 24.5. The number of phosphoric acid groups is 1. The number of nitrogens with one attached hydrogen (secondary N) is 1. The summed E-state index contributed by atoms with van der Waals surface area (Å²) < 4.78 is 39.7. The Bertz CT molecular complexity index is 1330. The number of nitrogens with zero attached hydrogens (tertiary/aromatic N) is 4. The largest absolute Gasteiger partial charge is 0.491 e. The van der Waals surface area contributed by atoms with Crippen molar-refractivity contribution in [2.24, 2.45) is 0 Å². The number of hydroxylamine groups is 1. The lowest BCUT2D eigenvalue weighted by Gasteiger charge is -2.16. The highest BCUT2D eigenvalue weighted by atomic mass is 32.2. The second-order valence-electron chi connectivity index (χ2n) is 6.97. The molecule has 1 amide bonds. The molecule has 0 aliphatic heterocycles. The van der Waals surface area contributed by atoms with Gasteiger partial charge in [-0.1, -0.05) is 12.1 Å². The maximum Gasteiger partial charge on any atom is 0.491 e. The number of sulfone groups is 1. The van der Waals surface area contributed by atoms with Crippen molar-refractivity contribution in [2.45, 2.75) is 18.2 Å². The fraction of sp³-hybridized carbons (Fsp3) is 0.222. The number of hydrogen-bond donors (Lipinski definition) is 3. The fourth-order valence-corrected chi connectivity index (χ4v) is 4.15. The predicted octanol–water partition coefficient (Wildman–Crippen LogP) is 0.0398. The van der Waals surface area contributed by atoms with E-state index in [2.05, 4.69) is 14.8 Å². The zero-order chi connectivity index (χ0) is 24.2. The van der Waals surface area contributed by atoms with Gasteiger partial charge in [-0.15, -0.1) is 0 Å². The van der Waals surface area contributed by atoms with Gasteiger partial charge in [0.05, 0.1) is 18.1 Å². The van der Waals surface area contributed by atoms with Crippen molar-refractivity contribution in [2.75, 3.05) is 6.26 Å².